The van der Waals surface area contributed by atoms with E-state index in [1.807, 2.05) is 42.3 Å². The molecule has 1 aromatic carbocycles. The Balaban J connectivity index is 2.41. The highest BCUT2D eigenvalue weighted by Crippen LogP contribution is 2.08. The van der Waals surface area contributed by atoms with E-state index in [0.29, 0.717) is 6.54 Å². The number of rotatable bonds is 5. The van der Waals surface area contributed by atoms with Crippen molar-refractivity contribution in [3.8, 4) is 12.3 Å². The van der Waals surface area contributed by atoms with Crippen LogP contribution in [0.1, 0.15) is 0 Å². The maximum Gasteiger partial charge on any atom is 0.0599 e. The molecule has 15 heavy (non-hydrogen) atoms. The van der Waals surface area contributed by atoms with Gasteiger partial charge in [0.25, 0.3) is 0 Å². The lowest BCUT2D eigenvalue weighted by Gasteiger charge is -2.16. The quantitative estimate of drug-likeness (QED) is 0.733. The van der Waals surface area contributed by atoms with Crippen molar-refractivity contribution in [1.29, 1.82) is 0 Å². The number of hydrogen-bond acceptors (Lipinski definition) is 2. The van der Waals surface area contributed by atoms with Crippen LogP contribution in [-0.2, 0) is 0 Å². The predicted octanol–water partition coefficient (Wildman–Crippen LogP) is 2.18. The lowest BCUT2D eigenvalue weighted by molar-refractivity contribution is 0.410. The monoisotopic (exact) mass is 200 g/mol. The van der Waals surface area contributed by atoms with Gasteiger partial charge in [0.2, 0.25) is 0 Å². The van der Waals surface area contributed by atoms with Gasteiger partial charge < -0.3 is 5.32 Å². The zero-order valence-electron chi connectivity index (χ0n) is 9.03. The van der Waals surface area contributed by atoms with Gasteiger partial charge in [-0.25, -0.2) is 0 Å². The van der Waals surface area contributed by atoms with E-state index in [1.54, 1.807) is 0 Å². The van der Waals surface area contributed by atoms with Crippen LogP contribution in [-0.4, -0.2) is 25.0 Å². The van der Waals surface area contributed by atoms with E-state index in [1.165, 1.54) is 0 Å². The van der Waals surface area contributed by atoms with Gasteiger partial charge in [0.1, 0.15) is 0 Å². The molecule has 0 radical (unpaired) electrons. The molecule has 2 nitrogen and oxygen atoms in total. The van der Waals surface area contributed by atoms with Crippen LogP contribution >= 0.6 is 0 Å². The highest BCUT2D eigenvalue weighted by molar-refractivity contribution is 5.47. The molecule has 0 saturated carbocycles. The molecule has 0 saturated heterocycles. The van der Waals surface area contributed by atoms with E-state index in [9.17, 15) is 0 Å². The molecule has 0 amide bonds. The summed E-state index contributed by atoms with van der Waals surface area (Å²) in [7, 11) is 1.97. The minimum absolute atomic E-state index is 0.634. The summed E-state index contributed by atoms with van der Waals surface area (Å²) < 4.78 is 0. The summed E-state index contributed by atoms with van der Waals surface area (Å²) in [4.78, 5) is 2.03. The second kappa shape index (κ2) is 5.90. The number of hydrogen-bond donors (Lipinski definition) is 1. The summed E-state index contributed by atoms with van der Waals surface area (Å²) >= 11 is 0. The number of anilines is 1. The average molecular weight is 200 g/mol. The third-order valence-corrected chi connectivity index (χ3v) is 1.92. The zero-order chi connectivity index (χ0) is 11.1. The first-order chi connectivity index (χ1) is 7.22. The minimum Gasteiger partial charge on any atom is -0.358 e. The van der Waals surface area contributed by atoms with Crippen molar-refractivity contribution in [3.05, 3.63) is 42.6 Å². The molecule has 0 aromatic heterocycles. The highest BCUT2D eigenvalue weighted by atomic mass is 15.1. The summed E-state index contributed by atoms with van der Waals surface area (Å²) in [6.07, 6.45) is 5.22. The van der Waals surface area contributed by atoms with Gasteiger partial charge in [-0.1, -0.05) is 30.7 Å². The molecule has 0 aliphatic heterocycles. The summed E-state index contributed by atoms with van der Waals surface area (Å²) in [6, 6.07) is 9.97. The molecule has 0 heterocycles. The first kappa shape index (κ1) is 11.4. The number of nitrogens with one attached hydrogen (secondary N) is 1. The number of likely N-dealkylation sites (N-methyl/N-ethyl adjacent to an activating group) is 1. The molecule has 0 aliphatic rings. The first-order valence-electron chi connectivity index (χ1n) is 4.84. The van der Waals surface area contributed by atoms with E-state index in [2.05, 4.69) is 17.8 Å². The maximum absolute atomic E-state index is 5.22. The van der Waals surface area contributed by atoms with Gasteiger partial charge in [0.05, 0.1) is 6.54 Å². The number of para-hydroxylation sites is 1. The molecule has 1 rings (SSSR count). The summed E-state index contributed by atoms with van der Waals surface area (Å²) in [5.41, 5.74) is 2.00. The van der Waals surface area contributed by atoms with E-state index in [-0.39, 0.29) is 0 Å². The molecule has 0 bridgehead atoms. The Morgan fingerprint density at radius 1 is 1.47 bits per heavy atom. The second-order valence-electron chi connectivity index (χ2n) is 3.47. The minimum atomic E-state index is 0.634. The molecule has 1 N–H and O–H groups in total. The van der Waals surface area contributed by atoms with Gasteiger partial charge in [0.15, 0.2) is 0 Å². The normalized spacial score (nSPS) is 9.67. The van der Waals surface area contributed by atoms with Crippen molar-refractivity contribution in [2.45, 2.75) is 0 Å². The van der Waals surface area contributed by atoms with Gasteiger partial charge in [-0.3, -0.25) is 4.90 Å². The molecule has 0 atom stereocenters. The molecule has 0 unspecified atom stereocenters. The fourth-order valence-electron chi connectivity index (χ4n) is 1.30. The van der Waals surface area contributed by atoms with Crippen LogP contribution < -0.4 is 5.32 Å². The van der Waals surface area contributed by atoms with Crippen LogP contribution in [0.25, 0.3) is 0 Å². The summed E-state index contributed by atoms with van der Waals surface area (Å²) in [6.45, 7) is 5.33. The fraction of sp³-hybridized carbons (Fsp3) is 0.231. The number of terminal acetylenes is 1. The molecular formula is C13H16N2. The molecule has 0 spiro atoms. The Hall–Kier alpha value is -1.72. The smallest absolute Gasteiger partial charge is 0.0599 e. The van der Waals surface area contributed by atoms with Gasteiger partial charge in [0, 0.05) is 17.9 Å². The number of benzene rings is 1. The van der Waals surface area contributed by atoms with Crippen LogP contribution in [0.15, 0.2) is 42.6 Å². The highest BCUT2D eigenvalue weighted by Gasteiger charge is 1.99. The van der Waals surface area contributed by atoms with Crippen LogP contribution in [0.4, 0.5) is 5.69 Å². The summed E-state index contributed by atoms with van der Waals surface area (Å²) in [5, 5.41) is 3.23. The van der Waals surface area contributed by atoms with E-state index >= 15 is 0 Å². The van der Waals surface area contributed by atoms with Crippen LogP contribution in [0.5, 0.6) is 0 Å². The zero-order valence-corrected chi connectivity index (χ0v) is 9.03. The molecular weight excluding hydrogens is 184 g/mol. The predicted molar refractivity (Wildman–Crippen MR) is 65.5 cm³/mol. The Morgan fingerprint density at radius 2 is 2.13 bits per heavy atom. The van der Waals surface area contributed by atoms with Crippen LogP contribution in [0, 0.1) is 12.3 Å². The molecule has 0 aliphatic carbocycles. The second-order valence-corrected chi connectivity index (χ2v) is 3.47. The Bertz CT molecular complexity index is 349. The Morgan fingerprint density at radius 3 is 2.73 bits per heavy atom. The SMILES string of the molecule is C#CCN(C)CC(=C)Nc1ccccc1. The van der Waals surface area contributed by atoms with Crippen molar-refractivity contribution in [3.63, 3.8) is 0 Å². The van der Waals surface area contributed by atoms with E-state index in [4.69, 9.17) is 6.42 Å². The molecule has 2 heteroatoms. The first-order valence-corrected chi connectivity index (χ1v) is 4.84. The van der Waals surface area contributed by atoms with Crippen molar-refractivity contribution in [2.75, 3.05) is 25.5 Å². The lowest BCUT2D eigenvalue weighted by atomic mass is 10.3. The maximum atomic E-state index is 5.22. The van der Waals surface area contributed by atoms with Gasteiger partial charge in [-0.05, 0) is 19.2 Å². The molecule has 0 fully saturated rings. The summed E-state index contributed by atoms with van der Waals surface area (Å²) in [5.74, 6) is 2.59. The van der Waals surface area contributed by atoms with Gasteiger partial charge in [-0.2, -0.15) is 0 Å². The van der Waals surface area contributed by atoms with E-state index < -0.39 is 0 Å². The van der Waals surface area contributed by atoms with Crippen LogP contribution in [0.2, 0.25) is 0 Å². The van der Waals surface area contributed by atoms with Crippen molar-refractivity contribution in [1.82, 2.24) is 4.90 Å². The Kier molecular flexibility index (Phi) is 4.46. The van der Waals surface area contributed by atoms with E-state index in [0.717, 1.165) is 17.9 Å². The molecule has 78 valence electrons. The van der Waals surface area contributed by atoms with Crippen LogP contribution in [0.3, 0.4) is 0 Å². The number of nitrogens with zero attached hydrogens (tertiary/aromatic N) is 1. The standard InChI is InChI=1S/C13H16N2/c1-4-10-15(3)11-12(2)14-13-8-6-5-7-9-13/h1,5-9,14H,2,10-11H2,3H3. The largest absolute Gasteiger partial charge is 0.358 e. The van der Waals surface area contributed by atoms with Gasteiger partial charge >= 0.3 is 0 Å². The fourth-order valence-corrected chi connectivity index (χ4v) is 1.30. The lowest BCUT2D eigenvalue weighted by Crippen LogP contribution is -2.23. The van der Waals surface area contributed by atoms with Gasteiger partial charge in [-0.15, -0.1) is 6.42 Å². The van der Waals surface area contributed by atoms with Crippen molar-refractivity contribution >= 4 is 5.69 Å². The molecule has 1 aromatic rings. The van der Waals surface area contributed by atoms with Crippen molar-refractivity contribution < 1.29 is 0 Å². The van der Waals surface area contributed by atoms with Crippen molar-refractivity contribution in [2.24, 2.45) is 0 Å². The third-order valence-electron chi connectivity index (χ3n) is 1.92. The topological polar surface area (TPSA) is 15.3 Å². The third kappa shape index (κ3) is 4.35. The Labute approximate surface area is 91.6 Å². The average Bonchev–Trinajstić information content (AvgIpc) is 2.19.